The molecule has 0 aliphatic heterocycles. The van der Waals surface area contributed by atoms with Crippen molar-refractivity contribution in [3.63, 3.8) is 0 Å². The Bertz CT molecular complexity index is 724. The smallest absolute Gasteiger partial charge is 0.253 e. The van der Waals surface area contributed by atoms with Crippen molar-refractivity contribution in [3.8, 4) is 6.07 Å². The molecule has 106 valence electrons. The SMILES string of the molecule is CN(Cc1cccc(C#N)c1)C(=O)c1ccc(Cl)c(Br)c1. The van der Waals surface area contributed by atoms with Crippen LogP contribution in [0.1, 0.15) is 21.5 Å². The maximum atomic E-state index is 12.4. The predicted octanol–water partition coefficient (Wildman–Crippen LogP) is 4.25. The molecule has 0 aromatic heterocycles. The van der Waals surface area contributed by atoms with Crippen molar-refractivity contribution in [2.45, 2.75) is 6.54 Å². The summed E-state index contributed by atoms with van der Waals surface area (Å²) in [6, 6.07) is 14.4. The van der Waals surface area contributed by atoms with Gasteiger partial charge in [-0.2, -0.15) is 5.26 Å². The van der Waals surface area contributed by atoms with Crippen molar-refractivity contribution in [2.75, 3.05) is 7.05 Å². The fourth-order valence-corrected chi connectivity index (χ4v) is 2.43. The second-order valence-corrected chi connectivity index (χ2v) is 5.86. The van der Waals surface area contributed by atoms with Gasteiger partial charge in [-0.05, 0) is 51.8 Å². The highest BCUT2D eigenvalue weighted by atomic mass is 79.9. The van der Waals surface area contributed by atoms with E-state index in [0.29, 0.717) is 27.2 Å². The number of benzene rings is 2. The molecule has 0 saturated heterocycles. The van der Waals surface area contributed by atoms with E-state index in [1.165, 1.54) is 0 Å². The number of carbonyl (C=O) groups is 1. The van der Waals surface area contributed by atoms with Crippen LogP contribution in [-0.2, 0) is 6.54 Å². The summed E-state index contributed by atoms with van der Waals surface area (Å²) in [5.74, 6) is -0.102. The zero-order valence-electron chi connectivity index (χ0n) is 11.3. The lowest BCUT2D eigenvalue weighted by molar-refractivity contribution is 0.0785. The van der Waals surface area contributed by atoms with Crippen molar-refractivity contribution < 1.29 is 4.79 Å². The lowest BCUT2D eigenvalue weighted by atomic mass is 10.1. The molecule has 21 heavy (non-hydrogen) atoms. The third kappa shape index (κ3) is 3.84. The van der Waals surface area contributed by atoms with E-state index in [1.807, 2.05) is 12.1 Å². The lowest BCUT2D eigenvalue weighted by Crippen LogP contribution is -2.26. The molecule has 0 saturated carbocycles. The molecule has 3 nitrogen and oxygen atoms in total. The Hall–Kier alpha value is -1.83. The van der Waals surface area contributed by atoms with Crippen LogP contribution in [0.15, 0.2) is 46.9 Å². The van der Waals surface area contributed by atoms with Crippen LogP contribution in [0.5, 0.6) is 0 Å². The monoisotopic (exact) mass is 362 g/mol. The van der Waals surface area contributed by atoms with Gasteiger partial charge in [0, 0.05) is 23.6 Å². The quantitative estimate of drug-likeness (QED) is 0.818. The van der Waals surface area contributed by atoms with E-state index in [0.717, 1.165) is 5.56 Å². The summed E-state index contributed by atoms with van der Waals surface area (Å²) in [7, 11) is 1.73. The Morgan fingerprint density at radius 1 is 1.33 bits per heavy atom. The number of carbonyl (C=O) groups excluding carboxylic acids is 1. The minimum absolute atomic E-state index is 0.102. The molecule has 0 spiro atoms. The average Bonchev–Trinajstić information content (AvgIpc) is 2.49. The highest BCUT2D eigenvalue weighted by Gasteiger charge is 2.13. The van der Waals surface area contributed by atoms with Gasteiger partial charge in [-0.3, -0.25) is 4.79 Å². The van der Waals surface area contributed by atoms with Gasteiger partial charge in [0.15, 0.2) is 0 Å². The first kappa shape index (κ1) is 15.6. The van der Waals surface area contributed by atoms with Crippen LogP contribution < -0.4 is 0 Å². The van der Waals surface area contributed by atoms with E-state index < -0.39 is 0 Å². The molecule has 0 bridgehead atoms. The van der Waals surface area contributed by atoms with Crippen LogP contribution in [0.3, 0.4) is 0 Å². The fourth-order valence-electron chi connectivity index (χ4n) is 1.93. The summed E-state index contributed by atoms with van der Waals surface area (Å²) in [6.45, 7) is 0.439. The summed E-state index contributed by atoms with van der Waals surface area (Å²) in [6.07, 6.45) is 0. The summed E-state index contributed by atoms with van der Waals surface area (Å²) in [5, 5.41) is 9.46. The van der Waals surface area contributed by atoms with Crippen LogP contribution in [0.4, 0.5) is 0 Å². The molecule has 0 atom stereocenters. The first-order chi connectivity index (χ1) is 10.0. The molecule has 0 heterocycles. The molecule has 1 amide bonds. The Kier molecular flexibility index (Phi) is 5.00. The molecule has 0 fully saturated rings. The van der Waals surface area contributed by atoms with E-state index >= 15 is 0 Å². The second-order valence-electron chi connectivity index (χ2n) is 4.60. The molecule has 2 aromatic rings. The molecular weight excluding hydrogens is 352 g/mol. The topological polar surface area (TPSA) is 44.1 Å². The van der Waals surface area contributed by atoms with E-state index in [1.54, 1.807) is 42.3 Å². The van der Waals surface area contributed by atoms with Crippen molar-refractivity contribution in [1.82, 2.24) is 4.90 Å². The lowest BCUT2D eigenvalue weighted by Gasteiger charge is -2.17. The first-order valence-electron chi connectivity index (χ1n) is 6.21. The summed E-state index contributed by atoms with van der Waals surface area (Å²) in [5.41, 5.74) is 2.06. The summed E-state index contributed by atoms with van der Waals surface area (Å²) in [4.78, 5) is 14.0. The standard InChI is InChI=1S/C16H12BrClN2O/c1-20(10-12-4-2-3-11(7-12)9-19)16(21)13-5-6-15(18)14(17)8-13/h2-8H,10H2,1H3. The molecule has 0 N–H and O–H groups in total. The zero-order valence-corrected chi connectivity index (χ0v) is 13.6. The first-order valence-corrected chi connectivity index (χ1v) is 7.38. The van der Waals surface area contributed by atoms with Crippen LogP contribution in [0.2, 0.25) is 5.02 Å². The third-order valence-corrected chi connectivity index (χ3v) is 4.20. The third-order valence-electron chi connectivity index (χ3n) is 2.99. The predicted molar refractivity (Wildman–Crippen MR) is 86.1 cm³/mol. The molecule has 0 aliphatic rings. The van der Waals surface area contributed by atoms with Crippen molar-refractivity contribution in [3.05, 3.63) is 68.7 Å². The Morgan fingerprint density at radius 3 is 2.76 bits per heavy atom. The molecule has 5 heteroatoms. The molecular formula is C16H12BrClN2O. The Labute approximate surface area is 136 Å². The number of hydrogen-bond acceptors (Lipinski definition) is 2. The molecule has 0 radical (unpaired) electrons. The van der Waals surface area contributed by atoms with Crippen molar-refractivity contribution in [1.29, 1.82) is 5.26 Å². The van der Waals surface area contributed by atoms with Gasteiger partial charge in [-0.1, -0.05) is 23.7 Å². The zero-order chi connectivity index (χ0) is 15.4. The minimum atomic E-state index is -0.102. The van der Waals surface area contributed by atoms with Crippen LogP contribution in [0, 0.1) is 11.3 Å². The van der Waals surface area contributed by atoms with E-state index in [4.69, 9.17) is 16.9 Å². The number of nitrogens with zero attached hydrogens (tertiary/aromatic N) is 2. The van der Waals surface area contributed by atoms with E-state index in [9.17, 15) is 4.79 Å². The number of halogens is 2. The maximum absolute atomic E-state index is 12.4. The maximum Gasteiger partial charge on any atom is 0.253 e. The number of nitriles is 1. The molecule has 0 unspecified atom stereocenters. The van der Waals surface area contributed by atoms with Crippen LogP contribution in [0.25, 0.3) is 0 Å². The summed E-state index contributed by atoms with van der Waals surface area (Å²) < 4.78 is 0.690. The van der Waals surface area contributed by atoms with Gasteiger partial charge >= 0.3 is 0 Å². The van der Waals surface area contributed by atoms with Gasteiger partial charge in [0.2, 0.25) is 0 Å². The number of hydrogen-bond donors (Lipinski definition) is 0. The van der Waals surface area contributed by atoms with Gasteiger partial charge in [0.05, 0.1) is 16.7 Å². The molecule has 2 aromatic carbocycles. The number of rotatable bonds is 3. The second kappa shape index (κ2) is 6.75. The van der Waals surface area contributed by atoms with E-state index in [2.05, 4.69) is 22.0 Å². The average molecular weight is 364 g/mol. The normalized spacial score (nSPS) is 10.0. The Balaban J connectivity index is 2.15. The van der Waals surface area contributed by atoms with Gasteiger partial charge in [0.1, 0.15) is 0 Å². The number of amides is 1. The molecule has 2 rings (SSSR count). The van der Waals surface area contributed by atoms with Gasteiger partial charge < -0.3 is 4.90 Å². The fraction of sp³-hybridized carbons (Fsp3) is 0.125. The van der Waals surface area contributed by atoms with Gasteiger partial charge in [0.25, 0.3) is 5.91 Å². The van der Waals surface area contributed by atoms with Crippen LogP contribution >= 0.6 is 27.5 Å². The largest absolute Gasteiger partial charge is 0.337 e. The highest BCUT2D eigenvalue weighted by Crippen LogP contribution is 2.24. The Morgan fingerprint density at radius 2 is 2.10 bits per heavy atom. The highest BCUT2D eigenvalue weighted by molar-refractivity contribution is 9.10. The van der Waals surface area contributed by atoms with Gasteiger partial charge in [-0.25, -0.2) is 0 Å². The van der Waals surface area contributed by atoms with E-state index in [-0.39, 0.29) is 5.91 Å². The van der Waals surface area contributed by atoms with Gasteiger partial charge in [-0.15, -0.1) is 0 Å². The van der Waals surface area contributed by atoms with Crippen LogP contribution in [-0.4, -0.2) is 17.9 Å². The van der Waals surface area contributed by atoms with Crippen molar-refractivity contribution >= 4 is 33.4 Å². The molecule has 0 aliphatic carbocycles. The minimum Gasteiger partial charge on any atom is -0.337 e. The summed E-state index contributed by atoms with van der Waals surface area (Å²) >= 11 is 9.24. The van der Waals surface area contributed by atoms with Crippen molar-refractivity contribution in [2.24, 2.45) is 0 Å².